The summed E-state index contributed by atoms with van der Waals surface area (Å²) in [5.74, 6) is -0.0346. The molecular weight excluding hydrogens is 424 g/mol. The maximum Gasteiger partial charge on any atom is 0.260 e. The highest BCUT2D eigenvalue weighted by atomic mass is 35.5. The summed E-state index contributed by atoms with van der Waals surface area (Å²) < 4.78 is 19.3. The molecular formula is C19H20Cl2FN3O2S. The predicted molar refractivity (Wildman–Crippen MR) is 115 cm³/mol. The molecule has 0 fully saturated rings. The Bertz CT molecular complexity index is 964. The fourth-order valence-corrected chi connectivity index (χ4v) is 3.83. The number of benzene rings is 2. The zero-order valence-electron chi connectivity index (χ0n) is 15.6. The number of hydrogen-bond acceptors (Lipinski definition) is 5. The average molecular weight is 444 g/mol. The number of likely N-dealkylation sites (N-methyl/N-ethyl adjacent to an activating group) is 1. The molecule has 0 aliphatic rings. The molecule has 150 valence electrons. The molecule has 0 saturated carbocycles. The molecule has 3 aromatic rings. The maximum absolute atomic E-state index is 13.2. The van der Waals surface area contributed by atoms with Crippen LogP contribution in [-0.2, 0) is 0 Å². The van der Waals surface area contributed by atoms with Crippen LogP contribution < -0.4 is 9.64 Å². The van der Waals surface area contributed by atoms with Gasteiger partial charge in [-0.05, 0) is 50.5 Å². The highest BCUT2D eigenvalue weighted by Gasteiger charge is 2.23. The smallest absolute Gasteiger partial charge is 0.260 e. The minimum atomic E-state index is -0.386. The molecule has 2 aromatic carbocycles. The van der Waals surface area contributed by atoms with Gasteiger partial charge in [0, 0.05) is 18.7 Å². The second kappa shape index (κ2) is 9.52. The summed E-state index contributed by atoms with van der Waals surface area (Å²) in [5.41, 5.74) is 1.01. The lowest BCUT2D eigenvalue weighted by Gasteiger charge is -2.22. The van der Waals surface area contributed by atoms with Crippen LogP contribution in [0.15, 0.2) is 36.4 Å². The van der Waals surface area contributed by atoms with Crippen LogP contribution in [0.3, 0.4) is 0 Å². The van der Waals surface area contributed by atoms with Crippen LogP contribution in [-0.4, -0.2) is 50.1 Å². The highest BCUT2D eigenvalue weighted by molar-refractivity contribution is 7.23. The van der Waals surface area contributed by atoms with Crippen LogP contribution in [0.2, 0.25) is 5.02 Å². The van der Waals surface area contributed by atoms with E-state index >= 15 is 0 Å². The van der Waals surface area contributed by atoms with Gasteiger partial charge in [0.2, 0.25) is 0 Å². The third kappa shape index (κ3) is 4.72. The number of rotatable bonds is 6. The molecule has 1 amide bonds. The van der Waals surface area contributed by atoms with Crippen molar-refractivity contribution in [2.45, 2.75) is 0 Å². The Morgan fingerprint density at radius 2 is 1.86 bits per heavy atom. The van der Waals surface area contributed by atoms with E-state index in [-0.39, 0.29) is 24.1 Å². The summed E-state index contributed by atoms with van der Waals surface area (Å²) in [7, 11) is 5.42. The first-order valence-corrected chi connectivity index (χ1v) is 9.45. The number of ether oxygens (including phenoxy) is 1. The van der Waals surface area contributed by atoms with Gasteiger partial charge in [0.15, 0.2) is 5.13 Å². The van der Waals surface area contributed by atoms with Crippen molar-refractivity contribution < 1.29 is 13.9 Å². The van der Waals surface area contributed by atoms with Crippen LogP contribution >= 0.6 is 35.3 Å². The van der Waals surface area contributed by atoms with Crippen molar-refractivity contribution in [2.75, 3.05) is 39.2 Å². The average Bonchev–Trinajstić information content (AvgIpc) is 3.08. The van der Waals surface area contributed by atoms with E-state index < -0.39 is 0 Å². The van der Waals surface area contributed by atoms with Crippen molar-refractivity contribution in [3.63, 3.8) is 0 Å². The first kappa shape index (κ1) is 22.4. The molecule has 9 heteroatoms. The van der Waals surface area contributed by atoms with E-state index in [1.54, 1.807) is 24.1 Å². The van der Waals surface area contributed by atoms with Crippen molar-refractivity contribution in [3.05, 3.63) is 52.8 Å². The van der Waals surface area contributed by atoms with Gasteiger partial charge in [-0.15, -0.1) is 12.4 Å². The number of fused-ring (bicyclic) bond motifs is 1. The van der Waals surface area contributed by atoms with E-state index in [0.29, 0.717) is 40.1 Å². The Morgan fingerprint density at radius 3 is 2.46 bits per heavy atom. The number of halogens is 3. The lowest BCUT2D eigenvalue weighted by Crippen LogP contribution is -2.36. The van der Waals surface area contributed by atoms with Gasteiger partial charge in [-0.1, -0.05) is 22.9 Å². The van der Waals surface area contributed by atoms with Gasteiger partial charge in [-0.2, -0.15) is 0 Å². The minimum absolute atomic E-state index is 0. The summed E-state index contributed by atoms with van der Waals surface area (Å²) in [6, 6.07) is 8.99. The van der Waals surface area contributed by atoms with E-state index in [2.05, 4.69) is 4.98 Å². The van der Waals surface area contributed by atoms with Crippen molar-refractivity contribution in [1.29, 1.82) is 0 Å². The van der Waals surface area contributed by atoms with Gasteiger partial charge in [-0.25, -0.2) is 9.37 Å². The molecule has 0 bridgehead atoms. The Hall–Kier alpha value is -1.93. The van der Waals surface area contributed by atoms with Crippen molar-refractivity contribution in [1.82, 2.24) is 9.88 Å². The minimum Gasteiger partial charge on any atom is -0.494 e. The summed E-state index contributed by atoms with van der Waals surface area (Å²) in [6.07, 6.45) is 0. The summed E-state index contributed by atoms with van der Waals surface area (Å²) in [5, 5.41) is 1.07. The topological polar surface area (TPSA) is 45.7 Å². The van der Waals surface area contributed by atoms with Gasteiger partial charge in [0.25, 0.3) is 5.91 Å². The summed E-state index contributed by atoms with van der Waals surface area (Å²) in [4.78, 5) is 21.3. The number of carbonyl (C=O) groups excluding carboxylic acids is 1. The molecule has 5 nitrogen and oxygen atoms in total. The number of carbonyl (C=O) groups is 1. The van der Waals surface area contributed by atoms with Gasteiger partial charge in [0.1, 0.15) is 17.1 Å². The quantitative estimate of drug-likeness (QED) is 0.552. The molecule has 28 heavy (non-hydrogen) atoms. The molecule has 0 unspecified atom stereocenters. The van der Waals surface area contributed by atoms with Crippen molar-refractivity contribution >= 4 is 56.6 Å². The zero-order chi connectivity index (χ0) is 19.6. The van der Waals surface area contributed by atoms with E-state index in [1.165, 1.54) is 35.6 Å². The largest absolute Gasteiger partial charge is 0.494 e. The molecule has 1 aromatic heterocycles. The van der Waals surface area contributed by atoms with Gasteiger partial charge >= 0.3 is 0 Å². The molecule has 0 N–H and O–H groups in total. The first-order chi connectivity index (χ1) is 12.9. The van der Waals surface area contributed by atoms with Crippen LogP contribution in [0.25, 0.3) is 10.2 Å². The second-order valence-electron chi connectivity index (χ2n) is 6.19. The van der Waals surface area contributed by atoms with Gasteiger partial charge in [0.05, 0.1) is 16.8 Å². The summed E-state index contributed by atoms with van der Waals surface area (Å²) >= 11 is 7.64. The standard InChI is InChI=1S/C19H19ClFN3O2S.ClH/c1-23(2)10-11-24(18(25)12-4-6-13(21)7-5-12)19-22-16-15(26-3)9-8-14(20)17(16)27-19;/h4-9H,10-11H2,1-3H3;1H. The van der Waals surface area contributed by atoms with E-state index in [4.69, 9.17) is 16.3 Å². The van der Waals surface area contributed by atoms with Crippen LogP contribution in [0, 0.1) is 5.82 Å². The third-order valence-electron chi connectivity index (χ3n) is 4.01. The van der Waals surface area contributed by atoms with Crippen molar-refractivity contribution in [2.24, 2.45) is 0 Å². The fourth-order valence-electron chi connectivity index (χ4n) is 2.55. The van der Waals surface area contributed by atoms with Gasteiger partial charge in [-0.3, -0.25) is 9.69 Å². The van der Waals surface area contributed by atoms with E-state index in [1.807, 2.05) is 19.0 Å². The van der Waals surface area contributed by atoms with Gasteiger partial charge < -0.3 is 9.64 Å². The lowest BCUT2D eigenvalue weighted by atomic mass is 10.2. The van der Waals surface area contributed by atoms with Crippen molar-refractivity contribution in [3.8, 4) is 5.75 Å². The highest BCUT2D eigenvalue weighted by Crippen LogP contribution is 2.39. The normalized spacial score (nSPS) is 10.8. The second-order valence-corrected chi connectivity index (χ2v) is 7.58. The maximum atomic E-state index is 13.2. The number of hydrogen-bond donors (Lipinski definition) is 0. The molecule has 0 radical (unpaired) electrons. The Morgan fingerprint density at radius 1 is 1.18 bits per heavy atom. The van der Waals surface area contributed by atoms with E-state index in [0.717, 1.165) is 4.70 Å². The lowest BCUT2D eigenvalue weighted by molar-refractivity contribution is 0.0985. The first-order valence-electron chi connectivity index (χ1n) is 8.26. The Labute approximate surface area is 178 Å². The molecule has 1 heterocycles. The number of methoxy groups -OCH3 is 1. The molecule has 0 saturated heterocycles. The molecule has 0 aliphatic carbocycles. The molecule has 3 rings (SSSR count). The molecule has 0 aliphatic heterocycles. The third-order valence-corrected chi connectivity index (χ3v) is 5.54. The number of anilines is 1. The molecule has 0 atom stereocenters. The number of nitrogens with zero attached hydrogens (tertiary/aromatic N) is 3. The predicted octanol–water partition coefficient (Wildman–Crippen LogP) is 4.73. The van der Waals surface area contributed by atoms with Crippen LogP contribution in [0.4, 0.5) is 9.52 Å². The summed E-state index contributed by atoms with van der Waals surface area (Å²) in [6.45, 7) is 1.08. The SMILES string of the molecule is COc1ccc(Cl)c2sc(N(CCN(C)C)C(=O)c3ccc(F)cc3)nc12.Cl. The van der Waals surface area contributed by atoms with Crippen LogP contribution in [0.5, 0.6) is 5.75 Å². The zero-order valence-corrected chi connectivity index (χ0v) is 18.0. The monoisotopic (exact) mass is 443 g/mol. The van der Waals surface area contributed by atoms with E-state index in [9.17, 15) is 9.18 Å². The Balaban J connectivity index is 0.00000280. The Kier molecular flexibility index (Phi) is 7.60. The fraction of sp³-hybridized carbons (Fsp3) is 0.263. The number of aromatic nitrogens is 1. The van der Waals surface area contributed by atoms with Crippen LogP contribution in [0.1, 0.15) is 10.4 Å². The number of thiazole rings is 1. The number of amides is 1. The molecule has 0 spiro atoms.